The molecule has 3 nitrogen and oxygen atoms in total. The smallest absolute Gasteiger partial charge is 0.246 e. The van der Waals surface area contributed by atoms with Crippen molar-refractivity contribution in [1.82, 2.24) is 9.80 Å². The number of benzene rings is 1. The quantitative estimate of drug-likeness (QED) is 0.764. The van der Waals surface area contributed by atoms with Crippen molar-refractivity contribution in [2.75, 3.05) is 26.2 Å². The first-order chi connectivity index (χ1) is 10.7. The van der Waals surface area contributed by atoms with E-state index in [2.05, 4.69) is 25.7 Å². The number of amides is 1. The number of hydrogen-bond acceptors (Lipinski definition) is 2. The summed E-state index contributed by atoms with van der Waals surface area (Å²) in [6.07, 6.45) is 8.55. The Balaban J connectivity index is 1.59. The van der Waals surface area contributed by atoms with Crippen LogP contribution in [0.2, 0.25) is 0 Å². The van der Waals surface area contributed by atoms with Gasteiger partial charge in [-0.1, -0.05) is 28.1 Å². The van der Waals surface area contributed by atoms with Crippen LogP contribution in [-0.4, -0.2) is 47.9 Å². The Bertz CT molecular complexity index is 535. The molecular formula is C18H23BrN2O. The van der Waals surface area contributed by atoms with Gasteiger partial charge in [0.2, 0.25) is 5.91 Å². The maximum absolute atomic E-state index is 12.5. The van der Waals surface area contributed by atoms with Crippen LogP contribution in [0.15, 0.2) is 34.8 Å². The number of carbonyl (C=O) groups excluding carboxylic acids is 1. The van der Waals surface area contributed by atoms with Gasteiger partial charge in [0, 0.05) is 29.7 Å². The lowest BCUT2D eigenvalue weighted by molar-refractivity contribution is -0.127. The van der Waals surface area contributed by atoms with Gasteiger partial charge in [0.25, 0.3) is 0 Å². The van der Waals surface area contributed by atoms with Gasteiger partial charge in [-0.25, -0.2) is 0 Å². The minimum Gasteiger partial charge on any atom is -0.335 e. The van der Waals surface area contributed by atoms with Crippen molar-refractivity contribution in [3.8, 4) is 0 Å². The SMILES string of the molecule is O=C(/C=C/c1ccc(Br)cc1)N1CCC[C@@H]1CN1CCCC1. The maximum atomic E-state index is 12.5. The third kappa shape index (κ3) is 3.99. The second-order valence-electron chi connectivity index (χ2n) is 6.22. The van der Waals surface area contributed by atoms with Gasteiger partial charge in [0.15, 0.2) is 0 Å². The summed E-state index contributed by atoms with van der Waals surface area (Å²) in [5, 5.41) is 0. The van der Waals surface area contributed by atoms with E-state index in [-0.39, 0.29) is 5.91 Å². The van der Waals surface area contributed by atoms with Crippen molar-refractivity contribution >= 4 is 27.9 Å². The van der Waals surface area contributed by atoms with Crippen LogP contribution in [0.4, 0.5) is 0 Å². The Morgan fingerprint density at radius 1 is 1.14 bits per heavy atom. The van der Waals surface area contributed by atoms with Crippen molar-refractivity contribution in [3.05, 3.63) is 40.4 Å². The molecule has 2 fully saturated rings. The third-order valence-corrected chi connectivity index (χ3v) is 5.14. The highest BCUT2D eigenvalue weighted by atomic mass is 79.9. The average Bonchev–Trinajstić information content (AvgIpc) is 3.19. The lowest BCUT2D eigenvalue weighted by Gasteiger charge is -2.27. The molecule has 22 heavy (non-hydrogen) atoms. The maximum Gasteiger partial charge on any atom is 0.246 e. The molecule has 118 valence electrons. The molecule has 0 bridgehead atoms. The molecule has 2 saturated heterocycles. The zero-order valence-electron chi connectivity index (χ0n) is 12.9. The molecule has 0 aromatic heterocycles. The second-order valence-corrected chi connectivity index (χ2v) is 7.14. The first-order valence-electron chi connectivity index (χ1n) is 8.19. The van der Waals surface area contributed by atoms with Crippen molar-refractivity contribution in [2.24, 2.45) is 0 Å². The minimum atomic E-state index is 0.157. The van der Waals surface area contributed by atoms with Gasteiger partial charge < -0.3 is 9.80 Å². The molecule has 4 heteroatoms. The molecule has 0 radical (unpaired) electrons. The Morgan fingerprint density at radius 2 is 1.86 bits per heavy atom. The summed E-state index contributed by atoms with van der Waals surface area (Å²) < 4.78 is 1.06. The van der Waals surface area contributed by atoms with E-state index in [0.29, 0.717) is 6.04 Å². The monoisotopic (exact) mass is 362 g/mol. The number of hydrogen-bond donors (Lipinski definition) is 0. The molecule has 2 aliphatic heterocycles. The molecule has 1 atom stereocenters. The summed E-state index contributed by atoms with van der Waals surface area (Å²) >= 11 is 3.42. The standard InChI is InChI=1S/C18H23BrN2O/c19-16-8-5-15(6-9-16)7-10-18(22)21-13-3-4-17(21)14-20-11-1-2-12-20/h5-10,17H,1-4,11-14H2/b10-7+/t17-/m1/s1. The van der Waals surface area contributed by atoms with Gasteiger partial charge in [-0.2, -0.15) is 0 Å². The highest BCUT2D eigenvalue weighted by Crippen LogP contribution is 2.21. The molecule has 1 aromatic carbocycles. The fraction of sp³-hybridized carbons (Fsp3) is 0.500. The summed E-state index contributed by atoms with van der Waals surface area (Å²) in [7, 11) is 0. The first-order valence-corrected chi connectivity index (χ1v) is 8.98. The Hall–Kier alpha value is -1.13. The van der Waals surface area contributed by atoms with Crippen LogP contribution in [0.3, 0.4) is 0 Å². The van der Waals surface area contributed by atoms with Gasteiger partial charge in [-0.3, -0.25) is 4.79 Å². The van der Waals surface area contributed by atoms with Crippen LogP contribution < -0.4 is 0 Å². The molecule has 1 amide bonds. The van der Waals surface area contributed by atoms with E-state index in [4.69, 9.17) is 0 Å². The fourth-order valence-electron chi connectivity index (χ4n) is 3.42. The van der Waals surface area contributed by atoms with E-state index in [1.165, 1.54) is 25.9 Å². The predicted octanol–water partition coefficient (Wildman–Crippen LogP) is 3.55. The van der Waals surface area contributed by atoms with Crippen LogP contribution >= 0.6 is 15.9 Å². The highest BCUT2D eigenvalue weighted by Gasteiger charge is 2.29. The summed E-state index contributed by atoms with van der Waals surface area (Å²) in [6.45, 7) is 4.36. The molecule has 2 aliphatic rings. The van der Waals surface area contributed by atoms with Crippen LogP contribution in [-0.2, 0) is 4.79 Å². The number of carbonyl (C=O) groups is 1. The topological polar surface area (TPSA) is 23.6 Å². The predicted molar refractivity (Wildman–Crippen MR) is 93.6 cm³/mol. The lowest BCUT2D eigenvalue weighted by atomic mass is 10.2. The number of halogens is 1. The zero-order valence-corrected chi connectivity index (χ0v) is 14.5. The van der Waals surface area contributed by atoms with E-state index < -0.39 is 0 Å². The van der Waals surface area contributed by atoms with Crippen molar-refractivity contribution < 1.29 is 4.79 Å². The van der Waals surface area contributed by atoms with Crippen LogP contribution in [0.1, 0.15) is 31.2 Å². The highest BCUT2D eigenvalue weighted by molar-refractivity contribution is 9.10. The summed E-state index contributed by atoms with van der Waals surface area (Å²) in [5.74, 6) is 0.157. The number of likely N-dealkylation sites (tertiary alicyclic amines) is 2. The van der Waals surface area contributed by atoms with Crippen molar-refractivity contribution in [3.63, 3.8) is 0 Å². The molecule has 1 aromatic rings. The number of rotatable bonds is 4. The zero-order chi connectivity index (χ0) is 15.4. The van der Waals surface area contributed by atoms with Gasteiger partial charge >= 0.3 is 0 Å². The van der Waals surface area contributed by atoms with Crippen LogP contribution in [0, 0.1) is 0 Å². The molecular weight excluding hydrogens is 340 g/mol. The van der Waals surface area contributed by atoms with Gasteiger partial charge in [0.1, 0.15) is 0 Å². The fourth-order valence-corrected chi connectivity index (χ4v) is 3.68. The molecule has 0 unspecified atom stereocenters. The Labute approximate surface area is 141 Å². The van der Waals surface area contributed by atoms with E-state index in [1.54, 1.807) is 6.08 Å². The first kappa shape index (κ1) is 15.8. The Morgan fingerprint density at radius 3 is 2.59 bits per heavy atom. The largest absolute Gasteiger partial charge is 0.335 e. The minimum absolute atomic E-state index is 0.157. The average molecular weight is 363 g/mol. The van der Waals surface area contributed by atoms with Crippen LogP contribution in [0.5, 0.6) is 0 Å². The molecule has 2 heterocycles. The lowest BCUT2D eigenvalue weighted by Crippen LogP contribution is -2.41. The normalized spacial score (nSPS) is 22.8. The van der Waals surface area contributed by atoms with E-state index in [9.17, 15) is 4.79 Å². The molecule has 0 N–H and O–H groups in total. The summed E-state index contributed by atoms with van der Waals surface area (Å²) in [6, 6.07) is 8.42. The third-order valence-electron chi connectivity index (χ3n) is 4.62. The van der Waals surface area contributed by atoms with E-state index in [1.807, 2.05) is 30.3 Å². The second kappa shape index (κ2) is 7.42. The van der Waals surface area contributed by atoms with Crippen LogP contribution in [0.25, 0.3) is 6.08 Å². The van der Waals surface area contributed by atoms with Crippen molar-refractivity contribution in [1.29, 1.82) is 0 Å². The van der Waals surface area contributed by atoms with Crippen molar-refractivity contribution in [2.45, 2.75) is 31.7 Å². The molecule has 0 spiro atoms. The van der Waals surface area contributed by atoms with Gasteiger partial charge in [0.05, 0.1) is 0 Å². The van der Waals surface area contributed by atoms with E-state index >= 15 is 0 Å². The molecule has 0 aliphatic carbocycles. The van der Waals surface area contributed by atoms with Gasteiger partial charge in [-0.05, 0) is 62.5 Å². The summed E-state index contributed by atoms with van der Waals surface area (Å²) in [4.78, 5) is 17.1. The van der Waals surface area contributed by atoms with E-state index in [0.717, 1.165) is 36.0 Å². The summed E-state index contributed by atoms with van der Waals surface area (Å²) in [5.41, 5.74) is 1.06. The Kier molecular flexibility index (Phi) is 5.32. The van der Waals surface area contributed by atoms with Gasteiger partial charge in [-0.15, -0.1) is 0 Å². The molecule has 3 rings (SSSR count). The number of nitrogens with zero attached hydrogens (tertiary/aromatic N) is 2. The molecule has 0 saturated carbocycles.